The molecule has 2 rings (SSSR count). The second kappa shape index (κ2) is 6.29. The van der Waals surface area contributed by atoms with Gasteiger partial charge in [0.15, 0.2) is 0 Å². The summed E-state index contributed by atoms with van der Waals surface area (Å²) in [5.74, 6) is -1.88. The predicted molar refractivity (Wildman–Crippen MR) is 71.2 cm³/mol. The third-order valence-corrected chi connectivity index (χ3v) is 3.17. The van der Waals surface area contributed by atoms with Crippen molar-refractivity contribution < 1.29 is 18.3 Å². The Morgan fingerprint density at radius 2 is 1.60 bits per heavy atom. The average molecular weight is 301 g/mol. The number of hydrogen-bond donors (Lipinski definition) is 1. The van der Waals surface area contributed by atoms with E-state index in [1.54, 1.807) is 0 Å². The van der Waals surface area contributed by atoms with E-state index in [9.17, 15) is 18.3 Å². The lowest BCUT2D eigenvalue weighted by molar-refractivity contribution is 0.173. The summed E-state index contributed by atoms with van der Waals surface area (Å²) in [6, 6.07) is 7.17. The summed E-state index contributed by atoms with van der Waals surface area (Å²) in [7, 11) is 0. The molecular formula is C15H12ClF3O. The van der Waals surface area contributed by atoms with Crippen LogP contribution in [0.1, 0.15) is 11.1 Å². The highest BCUT2D eigenvalue weighted by atomic mass is 35.5. The van der Waals surface area contributed by atoms with Crippen LogP contribution >= 0.6 is 11.6 Å². The van der Waals surface area contributed by atoms with Gasteiger partial charge in [-0.3, -0.25) is 0 Å². The molecule has 2 aromatic carbocycles. The molecule has 0 fully saturated rings. The lowest BCUT2D eigenvalue weighted by Gasteiger charge is -2.12. The minimum Gasteiger partial charge on any atom is -0.392 e. The molecule has 0 heterocycles. The Kier molecular flexibility index (Phi) is 4.68. The van der Waals surface area contributed by atoms with Crippen molar-refractivity contribution in [3.8, 4) is 0 Å². The molecule has 20 heavy (non-hydrogen) atoms. The van der Waals surface area contributed by atoms with Crippen LogP contribution in [0, 0.1) is 17.5 Å². The first-order valence-electron chi connectivity index (χ1n) is 6.01. The number of aliphatic hydroxyl groups excluding tert-OH is 1. The highest BCUT2D eigenvalue weighted by Crippen LogP contribution is 2.18. The molecule has 0 aliphatic heterocycles. The SMILES string of the molecule is OC(Cc1ccc(F)cc1F)Cc1cc(Cl)ccc1F. The Morgan fingerprint density at radius 1 is 0.900 bits per heavy atom. The first-order valence-corrected chi connectivity index (χ1v) is 6.39. The van der Waals surface area contributed by atoms with Gasteiger partial charge >= 0.3 is 0 Å². The molecule has 0 aliphatic carbocycles. The zero-order valence-electron chi connectivity index (χ0n) is 10.4. The summed E-state index contributed by atoms with van der Waals surface area (Å²) in [5, 5.41) is 10.3. The summed E-state index contributed by atoms with van der Waals surface area (Å²) < 4.78 is 39.7. The standard InChI is InChI=1S/C15H12ClF3O/c16-11-2-4-14(18)10(5-11)7-13(20)6-9-1-3-12(17)8-15(9)19/h1-5,8,13,20H,6-7H2. The van der Waals surface area contributed by atoms with E-state index in [2.05, 4.69) is 0 Å². The smallest absolute Gasteiger partial charge is 0.129 e. The summed E-state index contributed by atoms with van der Waals surface area (Å²) in [6.07, 6.45) is -1.01. The van der Waals surface area contributed by atoms with Gasteiger partial charge in [0.2, 0.25) is 0 Å². The molecule has 1 atom stereocenters. The van der Waals surface area contributed by atoms with Gasteiger partial charge in [-0.05, 0) is 35.4 Å². The minimum atomic E-state index is -0.983. The van der Waals surface area contributed by atoms with E-state index in [0.717, 1.165) is 12.1 Å². The molecule has 0 aromatic heterocycles. The fourth-order valence-corrected chi connectivity index (χ4v) is 2.16. The van der Waals surface area contributed by atoms with Gasteiger partial charge < -0.3 is 5.11 Å². The first-order chi connectivity index (χ1) is 9.45. The average Bonchev–Trinajstić information content (AvgIpc) is 2.37. The van der Waals surface area contributed by atoms with Crippen molar-refractivity contribution in [1.29, 1.82) is 0 Å². The maximum absolute atomic E-state index is 13.5. The van der Waals surface area contributed by atoms with E-state index in [-0.39, 0.29) is 24.0 Å². The molecule has 106 valence electrons. The van der Waals surface area contributed by atoms with Crippen LogP contribution in [-0.2, 0) is 12.8 Å². The number of hydrogen-bond acceptors (Lipinski definition) is 1. The van der Waals surface area contributed by atoms with E-state index < -0.39 is 23.6 Å². The fourth-order valence-electron chi connectivity index (χ4n) is 1.97. The van der Waals surface area contributed by atoms with Gasteiger partial charge in [0.05, 0.1) is 6.10 Å². The maximum atomic E-state index is 13.5. The van der Waals surface area contributed by atoms with Crippen molar-refractivity contribution in [2.45, 2.75) is 18.9 Å². The molecule has 2 aromatic rings. The molecule has 0 radical (unpaired) electrons. The number of halogens is 4. The molecule has 0 amide bonds. The molecular weight excluding hydrogens is 289 g/mol. The minimum absolute atomic E-state index is 0.00318. The van der Waals surface area contributed by atoms with Crippen LogP contribution in [0.15, 0.2) is 36.4 Å². The van der Waals surface area contributed by atoms with Crippen LogP contribution in [0.4, 0.5) is 13.2 Å². The van der Waals surface area contributed by atoms with Gasteiger partial charge in [0, 0.05) is 23.9 Å². The third kappa shape index (κ3) is 3.74. The highest BCUT2D eigenvalue weighted by molar-refractivity contribution is 6.30. The van der Waals surface area contributed by atoms with Gasteiger partial charge in [0.25, 0.3) is 0 Å². The number of aliphatic hydroxyl groups is 1. The second-order valence-electron chi connectivity index (χ2n) is 4.53. The normalized spacial score (nSPS) is 12.4. The topological polar surface area (TPSA) is 20.2 Å². The lowest BCUT2D eigenvalue weighted by Crippen LogP contribution is -2.15. The third-order valence-electron chi connectivity index (χ3n) is 2.93. The molecule has 0 saturated heterocycles. The van der Waals surface area contributed by atoms with Gasteiger partial charge in [-0.2, -0.15) is 0 Å². The molecule has 1 unspecified atom stereocenters. The van der Waals surface area contributed by atoms with E-state index in [1.165, 1.54) is 24.3 Å². The zero-order valence-corrected chi connectivity index (χ0v) is 11.2. The van der Waals surface area contributed by atoms with Gasteiger partial charge in [-0.1, -0.05) is 17.7 Å². The van der Waals surface area contributed by atoms with Crippen molar-refractivity contribution in [3.63, 3.8) is 0 Å². The largest absolute Gasteiger partial charge is 0.392 e. The second-order valence-corrected chi connectivity index (χ2v) is 4.97. The fraction of sp³-hybridized carbons (Fsp3) is 0.200. The molecule has 0 spiro atoms. The van der Waals surface area contributed by atoms with Crippen molar-refractivity contribution >= 4 is 11.6 Å². The van der Waals surface area contributed by atoms with Gasteiger partial charge in [0.1, 0.15) is 17.5 Å². The molecule has 0 bridgehead atoms. The molecule has 0 saturated carbocycles. The van der Waals surface area contributed by atoms with Crippen molar-refractivity contribution in [2.75, 3.05) is 0 Å². The zero-order chi connectivity index (χ0) is 14.7. The van der Waals surface area contributed by atoms with Crippen LogP contribution in [0.5, 0.6) is 0 Å². The van der Waals surface area contributed by atoms with Crippen LogP contribution in [0.25, 0.3) is 0 Å². The Balaban J connectivity index is 2.08. The number of benzene rings is 2. The highest BCUT2D eigenvalue weighted by Gasteiger charge is 2.13. The summed E-state index contributed by atoms with van der Waals surface area (Å²) >= 11 is 5.75. The molecule has 1 nitrogen and oxygen atoms in total. The Morgan fingerprint density at radius 3 is 2.30 bits per heavy atom. The summed E-state index contributed by atoms with van der Waals surface area (Å²) in [6.45, 7) is 0. The predicted octanol–water partition coefficient (Wildman–Crippen LogP) is 3.90. The maximum Gasteiger partial charge on any atom is 0.129 e. The van der Waals surface area contributed by atoms with Crippen LogP contribution in [0.2, 0.25) is 5.02 Å². The lowest BCUT2D eigenvalue weighted by atomic mass is 10.0. The molecule has 5 heteroatoms. The molecule has 1 N–H and O–H groups in total. The van der Waals surface area contributed by atoms with E-state index >= 15 is 0 Å². The van der Waals surface area contributed by atoms with E-state index in [1.807, 2.05) is 0 Å². The monoisotopic (exact) mass is 300 g/mol. The molecule has 0 aliphatic rings. The van der Waals surface area contributed by atoms with Crippen LogP contribution in [0.3, 0.4) is 0 Å². The van der Waals surface area contributed by atoms with E-state index in [4.69, 9.17) is 11.6 Å². The van der Waals surface area contributed by atoms with Crippen molar-refractivity contribution in [2.24, 2.45) is 0 Å². The first kappa shape index (κ1) is 14.9. The summed E-state index contributed by atoms with van der Waals surface area (Å²) in [4.78, 5) is 0. The van der Waals surface area contributed by atoms with Crippen LogP contribution < -0.4 is 0 Å². The van der Waals surface area contributed by atoms with Gasteiger partial charge in [-0.25, -0.2) is 13.2 Å². The van der Waals surface area contributed by atoms with Crippen LogP contribution in [-0.4, -0.2) is 11.2 Å². The summed E-state index contributed by atoms with van der Waals surface area (Å²) in [5.41, 5.74) is 0.439. The number of rotatable bonds is 4. The quantitative estimate of drug-likeness (QED) is 0.908. The Labute approximate surface area is 119 Å². The van der Waals surface area contributed by atoms with Gasteiger partial charge in [-0.15, -0.1) is 0 Å². The Bertz CT molecular complexity index is 616. The van der Waals surface area contributed by atoms with Crippen molar-refractivity contribution in [1.82, 2.24) is 0 Å². The van der Waals surface area contributed by atoms with E-state index in [0.29, 0.717) is 5.02 Å². The Hall–Kier alpha value is -1.52. The van der Waals surface area contributed by atoms with Crippen molar-refractivity contribution in [3.05, 3.63) is 70.0 Å².